The Hall–Kier alpha value is -3.09. The van der Waals surface area contributed by atoms with Crippen LogP contribution in [0.15, 0.2) is 47.4 Å². The number of hydrogen-bond donors (Lipinski definition) is 3. The summed E-state index contributed by atoms with van der Waals surface area (Å²) >= 11 is 0. The van der Waals surface area contributed by atoms with Crippen molar-refractivity contribution in [3.05, 3.63) is 64.1 Å². The smallest absolute Gasteiger partial charge is 0.276 e. The Morgan fingerprint density at radius 1 is 1.08 bits per heavy atom. The third-order valence-corrected chi connectivity index (χ3v) is 3.47. The van der Waals surface area contributed by atoms with E-state index in [0.29, 0.717) is 5.75 Å². The van der Waals surface area contributed by atoms with Gasteiger partial charge in [0.15, 0.2) is 6.61 Å². The summed E-state index contributed by atoms with van der Waals surface area (Å²) in [5.41, 5.74) is 4.92. The highest BCUT2D eigenvalue weighted by molar-refractivity contribution is 5.95. The molecule has 0 atom stereocenters. The molecule has 7 nitrogen and oxygen atoms in total. The first-order valence-corrected chi connectivity index (χ1v) is 7.77. The fraction of sp³-hybridized carbons (Fsp3) is 0.278. The van der Waals surface area contributed by atoms with E-state index in [-0.39, 0.29) is 17.6 Å². The van der Waals surface area contributed by atoms with Crippen molar-refractivity contribution in [1.82, 2.24) is 15.8 Å². The fourth-order valence-electron chi connectivity index (χ4n) is 2.03. The summed E-state index contributed by atoms with van der Waals surface area (Å²) in [6.07, 6.45) is 1.41. The molecule has 0 bridgehead atoms. The summed E-state index contributed by atoms with van der Waals surface area (Å²) in [6.45, 7) is 6.06. The molecule has 0 fully saturated rings. The van der Waals surface area contributed by atoms with Gasteiger partial charge < -0.3 is 9.72 Å². The molecule has 7 heteroatoms. The van der Waals surface area contributed by atoms with Gasteiger partial charge in [-0.3, -0.25) is 25.2 Å². The van der Waals surface area contributed by atoms with Crippen molar-refractivity contribution in [2.24, 2.45) is 0 Å². The molecule has 0 aliphatic heterocycles. The van der Waals surface area contributed by atoms with Crippen molar-refractivity contribution in [3.63, 3.8) is 0 Å². The Kier molecular flexibility index (Phi) is 5.59. The molecular formula is C18H21N3O4. The number of ether oxygens (including phenoxy) is 1. The van der Waals surface area contributed by atoms with Crippen LogP contribution in [0.3, 0.4) is 0 Å². The van der Waals surface area contributed by atoms with Crippen LogP contribution >= 0.6 is 0 Å². The molecule has 0 aliphatic carbocycles. The third-order valence-electron chi connectivity index (χ3n) is 3.47. The molecule has 1 heterocycles. The van der Waals surface area contributed by atoms with Crippen LogP contribution in [0.1, 0.15) is 36.7 Å². The van der Waals surface area contributed by atoms with Crippen molar-refractivity contribution < 1.29 is 14.3 Å². The van der Waals surface area contributed by atoms with Gasteiger partial charge in [-0.15, -0.1) is 0 Å². The lowest BCUT2D eigenvalue weighted by Gasteiger charge is -2.19. The lowest BCUT2D eigenvalue weighted by atomic mass is 9.87. The van der Waals surface area contributed by atoms with Crippen molar-refractivity contribution >= 4 is 11.8 Å². The third kappa shape index (κ3) is 5.20. The first-order chi connectivity index (χ1) is 11.8. The number of pyridine rings is 1. The monoisotopic (exact) mass is 343 g/mol. The van der Waals surface area contributed by atoms with Gasteiger partial charge in [-0.1, -0.05) is 32.9 Å². The van der Waals surface area contributed by atoms with Gasteiger partial charge >= 0.3 is 0 Å². The highest BCUT2D eigenvalue weighted by Gasteiger charge is 2.14. The van der Waals surface area contributed by atoms with Gasteiger partial charge in [0.25, 0.3) is 17.4 Å². The SMILES string of the molecule is CC(C)(C)c1ccc(OCC(=O)NNC(=O)c2ccc[nH]c2=O)cc1. The predicted octanol–water partition coefficient (Wildman–Crippen LogP) is 1.51. The van der Waals surface area contributed by atoms with Crippen LogP contribution in [-0.2, 0) is 10.2 Å². The van der Waals surface area contributed by atoms with Crippen LogP contribution < -0.4 is 21.1 Å². The first-order valence-electron chi connectivity index (χ1n) is 7.77. The van der Waals surface area contributed by atoms with Gasteiger partial charge in [0.1, 0.15) is 11.3 Å². The highest BCUT2D eigenvalue weighted by atomic mass is 16.5. The van der Waals surface area contributed by atoms with Gasteiger partial charge in [-0.2, -0.15) is 0 Å². The van der Waals surface area contributed by atoms with Gasteiger partial charge in [-0.05, 0) is 35.2 Å². The summed E-state index contributed by atoms with van der Waals surface area (Å²) < 4.78 is 5.37. The van der Waals surface area contributed by atoms with E-state index in [1.165, 1.54) is 18.3 Å². The normalized spacial score (nSPS) is 10.8. The Bertz CT molecular complexity index is 804. The second-order valence-corrected chi connectivity index (χ2v) is 6.48. The minimum atomic E-state index is -0.704. The molecule has 0 spiro atoms. The van der Waals surface area contributed by atoms with Crippen LogP contribution in [-0.4, -0.2) is 23.4 Å². The standard InChI is InChI=1S/C18H21N3O4/c1-18(2,3)12-6-8-13(9-7-12)25-11-15(22)20-21-17(24)14-5-4-10-19-16(14)23/h4-10H,11H2,1-3H3,(H,19,23)(H,20,22)(H,21,24). The van der Waals surface area contributed by atoms with E-state index >= 15 is 0 Å². The summed E-state index contributed by atoms with van der Waals surface area (Å²) in [4.78, 5) is 37.4. The number of aromatic amines is 1. The maximum Gasteiger partial charge on any atom is 0.276 e. The summed E-state index contributed by atoms with van der Waals surface area (Å²) in [5.74, 6) is -0.695. The van der Waals surface area contributed by atoms with Crippen LogP contribution in [0.4, 0.5) is 0 Å². The van der Waals surface area contributed by atoms with Crippen molar-refractivity contribution in [2.45, 2.75) is 26.2 Å². The van der Waals surface area contributed by atoms with Gasteiger partial charge in [0.2, 0.25) is 0 Å². The Balaban J connectivity index is 1.82. The molecule has 0 saturated heterocycles. The summed E-state index contributed by atoms with van der Waals surface area (Å²) in [7, 11) is 0. The van der Waals surface area contributed by atoms with Crippen LogP contribution in [0, 0.1) is 0 Å². The molecule has 2 amide bonds. The molecule has 0 aliphatic rings. The average Bonchev–Trinajstić information content (AvgIpc) is 2.58. The number of nitrogens with one attached hydrogen (secondary N) is 3. The zero-order valence-corrected chi connectivity index (χ0v) is 14.4. The van der Waals surface area contributed by atoms with Crippen molar-refractivity contribution in [2.75, 3.05) is 6.61 Å². The van der Waals surface area contributed by atoms with Crippen LogP contribution in [0.2, 0.25) is 0 Å². The van der Waals surface area contributed by atoms with E-state index in [1.54, 1.807) is 12.1 Å². The topological polar surface area (TPSA) is 100 Å². The molecule has 1 aromatic heterocycles. The number of carbonyl (C=O) groups is 2. The van der Waals surface area contributed by atoms with Crippen molar-refractivity contribution in [1.29, 1.82) is 0 Å². The van der Waals surface area contributed by atoms with E-state index < -0.39 is 17.4 Å². The number of hydrogen-bond acceptors (Lipinski definition) is 4. The first kappa shape index (κ1) is 18.3. The van der Waals surface area contributed by atoms with Gasteiger partial charge in [0, 0.05) is 6.20 Å². The minimum Gasteiger partial charge on any atom is -0.484 e. The lowest BCUT2D eigenvalue weighted by Crippen LogP contribution is -2.45. The molecule has 3 N–H and O–H groups in total. The molecule has 0 unspecified atom stereocenters. The summed E-state index contributed by atoms with van der Waals surface area (Å²) in [6, 6.07) is 10.3. The zero-order chi connectivity index (χ0) is 18.4. The van der Waals surface area contributed by atoms with Crippen LogP contribution in [0.25, 0.3) is 0 Å². The van der Waals surface area contributed by atoms with Gasteiger partial charge in [0.05, 0.1) is 0 Å². The van der Waals surface area contributed by atoms with E-state index in [0.717, 1.165) is 5.56 Å². The Labute approximate surface area is 145 Å². The molecule has 132 valence electrons. The number of benzene rings is 1. The molecule has 1 aromatic carbocycles. The molecular weight excluding hydrogens is 322 g/mol. The van der Waals surface area contributed by atoms with Crippen LogP contribution in [0.5, 0.6) is 5.75 Å². The zero-order valence-electron chi connectivity index (χ0n) is 14.4. The number of H-pyrrole nitrogens is 1. The molecule has 2 aromatic rings. The summed E-state index contributed by atoms with van der Waals surface area (Å²) in [5, 5.41) is 0. The second-order valence-electron chi connectivity index (χ2n) is 6.48. The molecule has 2 rings (SSSR count). The second kappa shape index (κ2) is 7.65. The fourth-order valence-corrected chi connectivity index (χ4v) is 2.03. The van der Waals surface area contributed by atoms with Gasteiger partial charge in [-0.25, -0.2) is 0 Å². The maximum absolute atomic E-state index is 11.8. The lowest BCUT2D eigenvalue weighted by molar-refractivity contribution is -0.123. The Morgan fingerprint density at radius 3 is 2.36 bits per heavy atom. The number of hydrazine groups is 1. The predicted molar refractivity (Wildman–Crippen MR) is 93.3 cm³/mol. The number of aromatic nitrogens is 1. The Morgan fingerprint density at radius 2 is 1.76 bits per heavy atom. The number of carbonyl (C=O) groups excluding carboxylic acids is 2. The van der Waals surface area contributed by atoms with E-state index in [4.69, 9.17) is 4.74 Å². The van der Waals surface area contributed by atoms with E-state index in [1.807, 2.05) is 12.1 Å². The number of rotatable bonds is 4. The highest BCUT2D eigenvalue weighted by Crippen LogP contribution is 2.24. The maximum atomic E-state index is 11.8. The van der Waals surface area contributed by atoms with Crippen molar-refractivity contribution in [3.8, 4) is 5.75 Å². The largest absolute Gasteiger partial charge is 0.484 e. The quantitative estimate of drug-likeness (QED) is 0.733. The molecule has 0 saturated carbocycles. The van der Waals surface area contributed by atoms with E-state index in [9.17, 15) is 14.4 Å². The molecule has 0 radical (unpaired) electrons. The minimum absolute atomic E-state index is 0.0372. The average molecular weight is 343 g/mol. The molecule has 25 heavy (non-hydrogen) atoms. The van der Waals surface area contributed by atoms with E-state index in [2.05, 4.69) is 36.6 Å². The number of amides is 2.